The van der Waals surface area contributed by atoms with Crippen LogP contribution in [0.25, 0.3) is 0 Å². The molecule has 0 saturated carbocycles. The number of imidazole rings is 1. The molecule has 0 aromatic carbocycles. The fourth-order valence-electron chi connectivity index (χ4n) is 2.27. The highest BCUT2D eigenvalue weighted by molar-refractivity contribution is 5.86. The van der Waals surface area contributed by atoms with Crippen LogP contribution < -0.4 is 5.32 Å². The summed E-state index contributed by atoms with van der Waals surface area (Å²) < 4.78 is 4.61. The summed E-state index contributed by atoms with van der Waals surface area (Å²) in [5.74, 6) is 0.545. The normalized spacial score (nSPS) is 13.5. The number of methoxy groups -OCH3 is 1. The van der Waals surface area contributed by atoms with Gasteiger partial charge in [0.2, 0.25) is 5.91 Å². The van der Waals surface area contributed by atoms with Crippen molar-refractivity contribution in [3.63, 3.8) is 0 Å². The topological polar surface area (TPSA) is 87.3 Å². The molecule has 0 aliphatic rings. The summed E-state index contributed by atoms with van der Waals surface area (Å²) in [6.45, 7) is 8.29. The number of alkyl carbamates (subject to hydrolysis) is 1. The number of carbonyl (C=O) groups is 2. The minimum Gasteiger partial charge on any atom is -0.453 e. The SMILES string of the molecule is CCCN(C(=O)C(NC(=O)OC)C(C)C)C(C)c1ncc[nH]1. The number of amides is 2. The molecule has 7 heteroatoms. The van der Waals surface area contributed by atoms with Gasteiger partial charge >= 0.3 is 6.09 Å². The van der Waals surface area contributed by atoms with E-state index in [1.807, 2.05) is 27.7 Å². The highest BCUT2D eigenvalue weighted by atomic mass is 16.5. The van der Waals surface area contributed by atoms with E-state index in [1.54, 1.807) is 17.3 Å². The van der Waals surface area contributed by atoms with Crippen molar-refractivity contribution in [1.82, 2.24) is 20.2 Å². The molecule has 0 radical (unpaired) electrons. The van der Waals surface area contributed by atoms with Crippen LogP contribution in [0.4, 0.5) is 4.79 Å². The van der Waals surface area contributed by atoms with E-state index in [1.165, 1.54) is 7.11 Å². The van der Waals surface area contributed by atoms with Crippen LogP contribution >= 0.6 is 0 Å². The second kappa shape index (κ2) is 8.41. The number of nitrogens with one attached hydrogen (secondary N) is 2. The smallest absolute Gasteiger partial charge is 0.407 e. The van der Waals surface area contributed by atoms with Crippen molar-refractivity contribution >= 4 is 12.0 Å². The second-order valence-corrected chi connectivity index (χ2v) is 5.54. The summed E-state index contributed by atoms with van der Waals surface area (Å²) in [4.78, 5) is 33.4. The monoisotopic (exact) mass is 310 g/mol. The van der Waals surface area contributed by atoms with Crippen LogP contribution in [0.3, 0.4) is 0 Å². The minimum absolute atomic E-state index is 0.0465. The number of aromatic nitrogens is 2. The Morgan fingerprint density at radius 2 is 2.09 bits per heavy atom. The maximum absolute atomic E-state index is 12.9. The van der Waals surface area contributed by atoms with E-state index in [9.17, 15) is 9.59 Å². The fraction of sp³-hybridized carbons (Fsp3) is 0.667. The van der Waals surface area contributed by atoms with Gasteiger partial charge in [-0.1, -0.05) is 20.8 Å². The summed E-state index contributed by atoms with van der Waals surface area (Å²) in [5.41, 5.74) is 0. The van der Waals surface area contributed by atoms with Gasteiger partial charge in [0.15, 0.2) is 0 Å². The van der Waals surface area contributed by atoms with Gasteiger partial charge in [0, 0.05) is 18.9 Å². The third-order valence-electron chi connectivity index (χ3n) is 3.52. The van der Waals surface area contributed by atoms with E-state index in [0.29, 0.717) is 6.54 Å². The molecule has 2 unspecified atom stereocenters. The molecule has 2 amide bonds. The van der Waals surface area contributed by atoms with Crippen molar-refractivity contribution in [3.05, 3.63) is 18.2 Å². The third kappa shape index (κ3) is 4.47. The lowest BCUT2D eigenvalue weighted by atomic mass is 10.0. The molecule has 1 rings (SSSR count). The van der Waals surface area contributed by atoms with Gasteiger partial charge in [-0.15, -0.1) is 0 Å². The molecule has 22 heavy (non-hydrogen) atoms. The summed E-state index contributed by atoms with van der Waals surface area (Å²) in [6, 6.07) is -0.820. The number of carbonyl (C=O) groups excluding carboxylic acids is 2. The van der Waals surface area contributed by atoms with Crippen LogP contribution in [0.5, 0.6) is 0 Å². The van der Waals surface area contributed by atoms with Crippen LogP contribution in [0.1, 0.15) is 46.0 Å². The van der Waals surface area contributed by atoms with E-state index in [0.717, 1.165) is 12.2 Å². The van der Waals surface area contributed by atoms with Crippen LogP contribution in [-0.2, 0) is 9.53 Å². The molecule has 0 spiro atoms. The van der Waals surface area contributed by atoms with E-state index in [2.05, 4.69) is 20.0 Å². The molecule has 0 fully saturated rings. The highest BCUT2D eigenvalue weighted by Gasteiger charge is 2.32. The Labute approximate surface area is 131 Å². The lowest BCUT2D eigenvalue weighted by molar-refractivity contribution is -0.136. The zero-order valence-electron chi connectivity index (χ0n) is 13.9. The predicted octanol–water partition coefficient (Wildman–Crippen LogP) is 2.09. The molecule has 124 valence electrons. The Morgan fingerprint density at radius 3 is 2.55 bits per heavy atom. The number of rotatable bonds is 7. The number of aromatic amines is 1. The first-order valence-electron chi connectivity index (χ1n) is 7.56. The average Bonchev–Trinajstić information content (AvgIpc) is 3.02. The molecule has 1 aromatic rings. The number of hydrogen-bond donors (Lipinski definition) is 2. The van der Waals surface area contributed by atoms with Gasteiger partial charge in [-0.25, -0.2) is 9.78 Å². The summed E-state index contributed by atoms with van der Waals surface area (Å²) in [6.07, 6.45) is 3.61. The molecule has 0 saturated heterocycles. The second-order valence-electron chi connectivity index (χ2n) is 5.54. The first-order valence-corrected chi connectivity index (χ1v) is 7.56. The Hall–Kier alpha value is -2.05. The van der Waals surface area contributed by atoms with Crippen LogP contribution in [0.15, 0.2) is 12.4 Å². The van der Waals surface area contributed by atoms with Crippen molar-refractivity contribution < 1.29 is 14.3 Å². The molecule has 0 aliphatic carbocycles. The van der Waals surface area contributed by atoms with Crippen molar-refractivity contribution in [1.29, 1.82) is 0 Å². The quantitative estimate of drug-likeness (QED) is 0.807. The zero-order chi connectivity index (χ0) is 16.7. The van der Waals surface area contributed by atoms with Gasteiger partial charge in [-0.3, -0.25) is 4.79 Å². The Kier molecular flexibility index (Phi) is 6.88. The molecule has 1 heterocycles. The Morgan fingerprint density at radius 1 is 1.41 bits per heavy atom. The fourth-order valence-corrected chi connectivity index (χ4v) is 2.27. The van der Waals surface area contributed by atoms with Crippen LogP contribution in [-0.4, -0.2) is 46.6 Å². The minimum atomic E-state index is -0.628. The molecule has 0 bridgehead atoms. The molecule has 2 N–H and O–H groups in total. The Balaban J connectivity index is 2.96. The summed E-state index contributed by atoms with van der Waals surface area (Å²) in [5, 5.41) is 2.62. The van der Waals surface area contributed by atoms with Crippen molar-refractivity contribution in [3.8, 4) is 0 Å². The van der Waals surface area contributed by atoms with Gasteiger partial charge in [0.25, 0.3) is 0 Å². The third-order valence-corrected chi connectivity index (χ3v) is 3.52. The molecule has 2 atom stereocenters. The molecule has 0 aliphatic heterocycles. The number of nitrogens with zero attached hydrogens (tertiary/aromatic N) is 2. The first-order chi connectivity index (χ1) is 10.4. The number of ether oxygens (including phenoxy) is 1. The van der Waals surface area contributed by atoms with Gasteiger partial charge in [-0.2, -0.15) is 0 Å². The predicted molar refractivity (Wildman–Crippen MR) is 83.2 cm³/mol. The van der Waals surface area contributed by atoms with Crippen molar-refractivity contribution in [2.45, 2.75) is 46.2 Å². The van der Waals surface area contributed by atoms with Gasteiger partial charge in [-0.05, 0) is 19.3 Å². The molecule has 1 aromatic heterocycles. The average molecular weight is 310 g/mol. The molecule has 7 nitrogen and oxygen atoms in total. The van der Waals surface area contributed by atoms with Crippen LogP contribution in [0.2, 0.25) is 0 Å². The van der Waals surface area contributed by atoms with E-state index >= 15 is 0 Å². The van der Waals surface area contributed by atoms with Crippen LogP contribution in [0, 0.1) is 5.92 Å². The van der Waals surface area contributed by atoms with Crippen molar-refractivity contribution in [2.24, 2.45) is 5.92 Å². The summed E-state index contributed by atoms with van der Waals surface area (Å²) in [7, 11) is 1.28. The summed E-state index contributed by atoms with van der Waals surface area (Å²) >= 11 is 0. The standard InChI is InChI=1S/C15H26N4O3/c1-6-9-19(11(4)13-16-7-8-17-13)14(20)12(10(2)3)18-15(21)22-5/h7-8,10-12H,6,9H2,1-5H3,(H,16,17)(H,18,21). The van der Waals surface area contributed by atoms with E-state index in [4.69, 9.17) is 0 Å². The lowest BCUT2D eigenvalue weighted by Gasteiger charge is -2.32. The molecular weight excluding hydrogens is 284 g/mol. The number of hydrogen-bond acceptors (Lipinski definition) is 4. The highest BCUT2D eigenvalue weighted by Crippen LogP contribution is 2.19. The zero-order valence-corrected chi connectivity index (χ0v) is 13.9. The van der Waals surface area contributed by atoms with E-state index in [-0.39, 0.29) is 17.9 Å². The van der Waals surface area contributed by atoms with Gasteiger partial charge in [0.1, 0.15) is 11.9 Å². The first kappa shape index (κ1) is 18.0. The van der Waals surface area contributed by atoms with Gasteiger partial charge < -0.3 is 19.9 Å². The van der Waals surface area contributed by atoms with Crippen molar-refractivity contribution in [2.75, 3.05) is 13.7 Å². The maximum Gasteiger partial charge on any atom is 0.407 e. The molecular formula is C15H26N4O3. The maximum atomic E-state index is 12.9. The Bertz CT molecular complexity index is 473. The van der Waals surface area contributed by atoms with E-state index < -0.39 is 12.1 Å². The largest absolute Gasteiger partial charge is 0.453 e. The lowest BCUT2D eigenvalue weighted by Crippen LogP contribution is -2.52. The number of H-pyrrole nitrogens is 1. The van der Waals surface area contributed by atoms with Gasteiger partial charge in [0.05, 0.1) is 13.2 Å².